The van der Waals surface area contributed by atoms with Gasteiger partial charge in [-0.15, -0.1) is 0 Å². The molecule has 0 radical (unpaired) electrons. The summed E-state index contributed by atoms with van der Waals surface area (Å²) in [5, 5.41) is 14.8. The number of carboxylic acid groups (broad SMARTS) is 2. The summed E-state index contributed by atoms with van der Waals surface area (Å²) in [7, 11) is 0. The highest BCUT2D eigenvalue weighted by molar-refractivity contribution is 6.27. The number of benzene rings is 1. The summed E-state index contributed by atoms with van der Waals surface area (Å²) in [4.78, 5) is 20.7. The second kappa shape index (κ2) is 8.59. The first kappa shape index (κ1) is 18.8. The smallest absolute Gasteiger partial charge is 0.414 e. The molecule has 0 aliphatic carbocycles. The number of likely N-dealkylation sites (tertiary alicyclic amines) is 1. The van der Waals surface area contributed by atoms with Crippen LogP contribution < -0.4 is 9.47 Å². The molecule has 0 amide bonds. The molecule has 4 rings (SSSR count). The van der Waals surface area contributed by atoms with E-state index in [1.165, 1.54) is 18.4 Å². The largest absolute Gasteiger partial charge is 0.473 e. The number of rotatable bonds is 3. The molecule has 144 valence electrons. The number of hydrogen-bond donors (Lipinski definition) is 2. The molecule has 0 saturated carbocycles. The molecule has 1 fully saturated rings. The van der Waals surface area contributed by atoms with Gasteiger partial charge >= 0.3 is 11.9 Å². The van der Waals surface area contributed by atoms with Crippen molar-refractivity contribution in [2.75, 3.05) is 19.9 Å². The minimum absolute atomic E-state index is 0.348. The summed E-state index contributed by atoms with van der Waals surface area (Å²) in [5.74, 6) is -0.214. The van der Waals surface area contributed by atoms with Gasteiger partial charge in [-0.25, -0.2) is 9.59 Å². The lowest BCUT2D eigenvalue weighted by Gasteiger charge is -2.31. The van der Waals surface area contributed by atoms with E-state index in [9.17, 15) is 0 Å². The maximum Gasteiger partial charge on any atom is 0.414 e. The predicted octanol–water partition coefficient (Wildman–Crippen LogP) is 2.54. The quantitative estimate of drug-likeness (QED) is 0.788. The van der Waals surface area contributed by atoms with E-state index in [1.807, 2.05) is 18.2 Å². The monoisotopic (exact) mass is 375 g/mol. The van der Waals surface area contributed by atoms with Crippen molar-refractivity contribution >= 4 is 11.9 Å². The number of nitrogens with zero attached hydrogens (tertiary/aromatic N) is 1. The van der Waals surface area contributed by atoms with Gasteiger partial charge in [0.15, 0.2) is 11.5 Å². The van der Waals surface area contributed by atoms with Crippen LogP contribution in [0.2, 0.25) is 0 Å². The van der Waals surface area contributed by atoms with Crippen LogP contribution in [0.5, 0.6) is 11.5 Å². The third-order valence-electron chi connectivity index (χ3n) is 4.60. The van der Waals surface area contributed by atoms with Crippen molar-refractivity contribution in [3.63, 3.8) is 0 Å². The Bertz CT molecular complexity index is 767. The van der Waals surface area contributed by atoms with Gasteiger partial charge in [0.25, 0.3) is 0 Å². The molecule has 0 unspecified atom stereocenters. The van der Waals surface area contributed by atoms with Crippen LogP contribution in [-0.4, -0.2) is 46.9 Å². The minimum atomic E-state index is -1.82. The molecule has 1 saturated heterocycles. The van der Waals surface area contributed by atoms with Gasteiger partial charge in [-0.1, -0.05) is 6.07 Å². The van der Waals surface area contributed by atoms with Gasteiger partial charge in [0.05, 0.1) is 12.8 Å². The maximum absolute atomic E-state index is 9.10. The van der Waals surface area contributed by atoms with Crippen molar-refractivity contribution in [2.45, 2.75) is 25.3 Å². The minimum Gasteiger partial charge on any atom is -0.473 e. The number of furan rings is 1. The molecule has 27 heavy (non-hydrogen) atoms. The lowest BCUT2D eigenvalue weighted by Crippen LogP contribution is -2.32. The van der Waals surface area contributed by atoms with E-state index >= 15 is 0 Å². The fourth-order valence-electron chi connectivity index (χ4n) is 3.21. The van der Waals surface area contributed by atoms with E-state index in [2.05, 4.69) is 17.0 Å². The zero-order valence-corrected chi connectivity index (χ0v) is 14.7. The van der Waals surface area contributed by atoms with Gasteiger partial charge < -0.3 is 24.1 Å². The third-order valence-corrected chi connectivity index (χ3v) is 4.60. The topological polar surface area (TPSA) is 109 Å². The van der Waals surface area contributed by atoms with Crippen LogP contribution in [-0.2, 0) is 16.1 Å². The van der Waals surface area contributed by atoms with Crippen LogP contribution in [0.4, 0.5) is 0 Å². The molecule has 2 N–H and O–H groups in total. The second-order valence-corrected chi connectivity index (χ2v) is 6.35. The third kappa shape index (κ3) is 5.01. The van der Waals surface area contributed by atoms with E-state index in [-0.39, 0.29) is 0 Å². The average molecular weight is 375 g/mol. The Morgan fingerprint density at radius 2 is 1.74 bits per heavy atom. The summed E-state index contributed by atoms with van der Waals surface area (Å²) >= 11 is 0. The Morgan fingerprint density at radius 3 is 2.37 bits per heavy atom. The molecule has 0 bridgehead atoms. The van der Waals surface area contributed by atoms with E-state index in [0.717, 1.165) is 36.9 Å². The van der Waals surface area contributed by atoms with Crippen molar-refractivity contribution in [3.05, 3.63) is 47.9 Å². The van der Waals surface area contributed by atoms with Crippen molar-refractivity contribution in [1.82, 2.24) is 4.90 Å². The van der Waals surface area contributed by atoms with E-state index in [1.54, 1.807) is 6.26 Å². The highest BCUT2D eigenvalue weighted by Crippen LogP contribution is 2.37. The summed E-state index contributed by atoms with van der Waals surface area (Å²) in [5.41, 5.74) is 1.37. The van der Waals surface area contributed by atoms with Crippen LogP contribution in [0, 0.1) is 0 Å². The lowest BCUT2D eigenvalue weighted by molar-refractivity contribution is -0.159. The molecule has 1 aromatic heterocycles. The molecular formula is C19H21NO7. The second-order valence-electron chi connectivity index (χ2n) is 6.35. The Hall–Kier alpha value is -3.00. The number of fused-ring (bicyclic) bond motifs is 1. The van der Waals surface area contributed by atoms with Gasteiger partial charge in [0.1, 0.15) is 5.76 Å². The Labute approximate surface area is 155 Å². The number of carboxylic acids is 2. The normalized spacial score (nSPS) is 16.4. The number of ether oxygens (including phenoxy) is 2. The molecule has 0 spiro atoms. The summed E-state index contributed by atoms with van der Waals surface area (Å²) < 4.78 is 16.3. The van der Waals surface area contributed by atoms with Crippen LogP contribution in [0.25, 0.3) is 0 Å². The molecule has 1 aromatic carbocycles. The standard InChI is InChI=1S/C17H19NO3.C2H2O4/c1-2-15(19-9-1)11-18-7-5-13(6-8-18)14-3-4-16-17(10-14)21-12-20-16;3-1(4)2(5)6/h1-4,9-10,13H,5-8,11-12H2;(H,3,4)(H,5,6). The number of aliphatic carboxylic acids is 2. The van der Waals surface area contributed by atoms with Crippen molar-refractivity contribution < 1.29 is 33.7 Å². The van der Waals surface area contributed by atoms with Crippen molar-refractivity contribution in [2.24, 2.45) is 0 Å². The number of carbonyl (C=O) groups is 2. The summed E-state index contributed by atoms with van der Waals surface area (Å²) in [6.07, 6.45) is 4.11. The molecular weight excluding hydrogens is 354 g/mol. The van der Waals surface area contributed by atoms with Crippen LogP contribution >= 0.6 is 0 Å². The highest BCUT2D eigenvalue weighted by Gasteiger charge is 2.23. The molecule has 0 atom stereocenters. The zero-order valence-electron chi connectivity index (χ0n) is 14.7. The summed E-state index contributed by atoms with van der Waals surface area (Å²) in [6, 6.07) is 10.4. The molecule has 8 heteroatoms. The molecule has 2 aliphatic heterocycles. The molecule has 3 heterocycles. The first-order chi connectivity index (χ1) is 13.0. The van der Waals surface area contributed by atoms with Crippen LogP contribution in [0.15, 0.2) is 41.0 Å². The molecule has 8 nitrogen and oxygen atoms in total. The van der Waals surface area contributed by atoms with Crippen molar-refractivity contribution in [1.29, 1.82) is 0 Å². The zero-order chi connectivity index (χ0) is 19.2. The van der Waals surface area contributed by atoms with Gasteiger partial charge in [-0.2, -0.15) is 0 Å². The van der Waals surface area contributed by atoms with Gasteiger partial charge in [0.2, 0.25) is 6.79 Å². The number of hydrogen-bond acceptors (Lipinski definition) is 6. The maximum atomic E-state index is 9.10. The Balaban J connectivity index is 0.000000307. The highest BCUT2D eigenvalue weighted by atomic mass is 16.7. The first-order valence-electron chi connectivity index (χ1n) is 8.63. The van der Waals surface area contributed by atoms with Gasteiger partial charge in [-0.05, 0) is 61.7 Å². The number of piperidine rings is 1. The summed E-state index contributed by atoms with van der Waals surface area (Å²) in [6.45, 7) is 3.49. The Morgan fingerprint density at radius 1 is 1.04 bits per heavy atom. The van der Waals surface area contributed by atoms with E-state index in [4.69, 9.17) is 33.7 Å². The van der Waals surface area contributed by atoms with Crippen LogP contribution in [0.3, 0.4) is 0 Å². The SMILES string of the molecule is O=C(O)C(=O)O.c1coc(CN2CCC(c3ccc4c(c3)OCO4)CC2)c1. The van der Waals surface area contributed by atoms with E-state index < -0.39 is 11.9 Å². The van der Waals surface area contributed by atoms with Gasteiger partial charge in [0, 0.05) is 0 Å². The predicted molar refractivity (Wildman–Crippen MR) is 93.8 cm³/mol. The molecule has 2 aromatic rings. The van der Waals surface area contributed by atoms with E-state index in [0.29, 0.717) is 12.7 Å². The average Bonchev–Trinajstić information content (AvgIpc) is 3.33. The van der Waals surface area contributed by atoms with Crippen LogP contribution in [0.1, 0.15) is 30.1 Å². The Kier molecular flexibility index (Phi) is 5.97. The van der Waals surface area contributed by atoms with Crippen molar-refractivity contribution in [3.8, 4) is 11.5 Å². The molecule has 2 aliphatic rings. The van der Waals surface area contributed by atoms with Gasteiger partial charge in [-0.3, -0.25) is 4.90 Å². The fraction of sp³-hybridized carbons (Fsp3) is 0.368. The lowest BCUT2D eigenvalue weighted by atomic mass is 9.89. The first-order valence-corrected chi connectivity index (χ1v) is 8.63. The fourth-order valence-corrected chi connectivity index (χ4v) is 3.21.